The molecule has 0 unspecified atom stereocenters. The number of ketones is 1. The summed E-state index contributed by atoms with van der Waals surface area (Å²) in [5, 5.41) is 0. The van der Waals surface area contributed by atoms with E-state index in [4.69, 9.17) is 0 Å². The normalized spacial score (nSPS) is 27.3. The quantitative estimate of drug-likeness (QED) is 0.570. The summed E-state index contributed by atoms with van der Waals surface area (Å²) in [5.74, 6) is 0.870. The third-order valence-corrected chi connectivity index (χ3v) is 2.88. The number of rotatable bonds is 0. The molecular formula is C11H12O. The van der Waals surface area contributed by atoms with Crippen LogP contribution < -0.4 is 0 Å². The van der Waals surface area contributed by atoms with Crippen molar-refractivity contribution in [3.63, 3.8) is 0 Å². The van der Waals surface area contributed by atoms with Gasteiger partial charge in [0.05, 0.1) is 0 Å². The van der Waals surface area contributed by atoms with E-state index in [9.17, 15) is 4.79 Å². The van der Waals surface area contributed by atoms with Crippen LogP contribution in [0.2, 0.25) is 0 Å². The van der Waals surface area contributed by atoms with Crippen molar-refractivity contribution in [1.29, 1.82) is 0 Å². The molecule has 0 aliphatic heterocycles. The molecule has 0 saturated carbocycles. The van der Waals surface area contributed by atoms with Gasteiger partial charge in [-0.25, -0.2) is 0 Å². The Kier molecular flexibility index (Phi) is 1.53. The maximum atomic E-state index is 11.6. The molecule has 1 aliphatic carbocycles. The van der Waals surface area contributed by atoms with E-state index in [1.807, 2.05) is 25.1 Å². The summed E-state index contributed by atoms with van der Waals surface area (Å²) in [6.45, 7) is 4.13. The Bertz CT molecular complexity index is 328. The summed E-state index contributed by atoms with van der Waals surface area (Å²) in [5.41, 5.74) is 2.15. The second-order valence-electron chi connectivity index (χ2n) is 3.53. The van der Waals surface area contributed by atoms with Gasteiger partial charge in [-0.2, -0.15) is 0 Å². The Labute approximate surface area is 72.4 Å². The first-order chi connectivity index (χ1) is 5.72. The van der Waals surface area contributed by atoms with Crippen molar-refractivity contribution in [3.8, 4) is 0 Å². The Hall–Kier alpha value is -1.11. The smallest absolute Gasteiger partial charge is 0.166 e. The minimum atomic E-state index is 0.169. The Morgan fingerprint density at radius 2 is 1.75 bits per heavy atom. The highest BCUT2D eigenvalue weighted by Gasteiger charge is 2.32. The van der Waals surface area contributed by atoms with E-state index >= 15 is 0 Å². The topological polar surface area (TPSA) is 17.1 Å². The van der Waals surface area contributed by atoms with Crippen LogP contribution in [-0.2, 0) is 0 Å². The van der Waals surface area contributed by atoms with Crippen molar-refractivity contribution in [2.24, 2.45) is 5.92 Å². The maximum Gasteiger partial charge on any atom is 0.166 e. The molecule has 0 amide bonds. The molecule has 0 aromatic heterocycles. The van der Waals surface area contributed by atoms with Crippen molar-refractivity contribution in [2.75, 3.05) is 0 Å². The van der Waals surface area contributed by atoms with Crippen molar-refractivity contribution in [1.82, 2.24) is 0 Å². The molecule has 1 nitrogen and oxygen atoms in total. The zero-order chi connectivity index (χ0) is 8.72. The molecule has 0 spiro atoms. The number of hydrogen-bond donors (Lipinski definition) is 0. The van der Waals surface area contributed by atoms with Gasteiger partial charge in [-0.05, 0) is 11.5 Å². The predicted octanol–water partition coefficient (Wildman–Crippen LogP) is 2.62. The van der Waals surface area contributed by atoms with Gasteiger partial charge in [0.25, 0.3) is 0 Å². The average Bonchev–Trinajstić information content (AvgIpc) is 2.33. The zero-order valence-electron chi connectivity index (χ0n) is 7.37. The lowest BCUT2D eigenvalue weighted by Gasteiger charge is -2.06. The van der Waals surface area contributed by atoms with Crippen LogP contribution in [0.1, 0.15) is 35.7 Å². The third-order valence-electron chi connectivity index (χ3n) is 2.88. The van der Waals surface area contributed by atoms with Crippen molar-refractivity contribution in [2.45, 2.75) is 19.8 Å². The molecule has 0 heterocycles. The lowest BCUT2D eigenvalue weighted by atomic mass is 9.96. The molecule has 2 atom stereocenters. The Morgan fingerprint density at radius 3 is 2.42 bits per heavy atom. The van der Waals surface area contributed by atoms with Gasteiger partial charge in [0.15, 0.2) is 5.78 Å². The Balaban J connectivity index is 2.59. The highest BCUT2D eigenvalue weighted by atomic mass is 16.1. The van der Waals surface area contributed by atoms with E-state index in [0.29, 0.717) is 11.7 Å². The van der Waals surface area contributed by atoms with E-state index in [0.717, 1.165) is 5.56 Å². The van der Waals surface area contributed by atoms with Gasteiger partial charge in [0.2, 0.25) is 0 Å². The lowest BCUT2D eigenvalue weighted by Crippen LogP contribution is -2.06. The number of carbonyl (C=O) groups is 1. The number of hydrogen-bond acceptors (Lipinski definition) is 1. The summed E-state index contributed by atoms with van der Waals surface area (Å²) in [7, 11) is 0. The molecule has 0 fully saturated rings. The molecule has 12 heavy (non-hydrogen) atoms. The second-order valence-corrected chi connectivity index (χ2v) is 3.53. The van der Waals surface area contributed by atoms with Gasteiger partial charge in [0.1, 0.15) is 0 Å². The minimum absolute atomic E-state index is 0.169. The first kappa shape index (κ1) is 7.53. The second kappa shape index (κ2) is 2.44. The van der Waals surface area contributed by atoms with Crippen molar-refractivity contribution < 1.29 is 4.79 Å². The molecule has 0 N–H and O–H groups in total. The highest BCUT2D eigenvalue weighted by molar-refractivity contribution is 6.02. The van der Waals surface area contributed by atoms with Gasteiger partial charge in [-0.15, -0.1) is 0 Å². The van der Waals surface area contributed by atoms with Gasteiger partial charge < -0.3 is 0 Å². The summed E-state index contributed by atoms with van der Waals surface area (Å²) in [4.78, 5) is 11.6. The summed E-state index contributed by atoms with van der Waals surface area (Å²) in [6.07, 6.45) is 0. The van der Waals surface area contributed by atoms with E-state index in [1.54, 1.807) is 0 Å². The molecule has 1 heteroatoms. The Morgan fingerprint density at radius 1 is 1.08 bits per heavy atom. The highest BCUT2D eigenvalue weighted by Crippen LogP contribution is 2.36. The van der Waals surface area contributed by atoms with E-state index in [1.165, 1.54) is 5.56 Å². The predicted molar refractivity (Wildman–Crippen MR) is 48.4 cm³/mol. The fourth-order valence-electron chi connectivity index (χ4n) is 1.86. The largest absolute Gasteiger partial charge is 0.294 e. The number of Topliss-reactive ketones (excluding diaryl/α,β-unsaturated/α-hetero) is 1. The van der Waals surface area contributed by atoms with E-state index < -0.39 is 0 Å². The summed E-state index contributed by atoms with van der Waals surface area (Å²) >= 11 is 0. The van der Waals surface area contributed by atoms with Crippen LogP contribution in [0, 0.1) is 5.92 Å². The van der Waals surface area contributed by atoms with Crippen molar-refractivity contribution >= 4 is 5.78 Å². The molecule has 2 rings (SSSR count). The minimum Gasteiger partial charge on any atom is -0.294 e. The molecule has 0 saturated heterocycles. The van der Waals surface area contributed by atoms with Gasteiger partial charge in [0, 0.05) is 11.5 Å². The fourth-order valence-corrected chi connectivity index (χ4v) is 1.86. The average molecular weight is 160 g/mol. The van der Waals surface area contributed by atoms with Crippen LogP contribution in [0.3, 0.4) is 0 Å². The summed E-state index contributed by atoms with van der Waals surface area (Å²) < 4.78 is 0. The first-order valence-electron chi connectivity index (χ1n) is 4.35. The maximum absolute atomic E-state index is 11.6. The van der Waals surface area contributed by atoms with E-state index in [-0.39, 0.29) is 5.92 Å². The number of benzene rings is 1. The van der Waals surface area contributed by atoms with Crippen LogP contribution in [0.4, 0.5) is 0 Å². The molecule has 1 aromatic carbocycles. The zero-order valence-corrected chi connectivity index (χ0v) is 7.37. The first-order valence-corrected chi connectivity index (χ1v) is 4.35. The SMILES string of the molecule is C[C@@H]1C(=O)c2ccccc2[C@H]1C. The van der Waals surface area contributed by atoms with Crippen LogP contribution in [0.15, 0.2) is 24.3 Å². The molecule has 1 aliphatic rings. The van der Waals surface area contributed by atoms with Crippen LogP contribution in [0.25, 0.3) is 0 Å². The van der Waals surface area contributed by atoms with Crippen LogP contribution >= 0.6 is 0 Å². The molecular weight excluding hydrogens is 148 g/mol. The number of fused-ring (bicyclic) bond motifs is 1. The molecule has 0 bridgehead atoms. The fraction of sp³-hybridized carbons (Fsp3) is 0.364. The van der Waals surface area contributed by atoms with Crippen LogP contribution in [-0.4, -0.2) is 5.78 Å². The monoisotopic (exact) mass is 160 g/mol. The van der Waals surface area contributed by atoms with Gasteiger partial charge in [-0.3, -0.25) is 4.79 Å². The molecule has 1 aromatic rings. The van der Waals surface area contributed by atoms with Crippen LogP contribution in [0.5, 0.6) is 0 Å². The van der Waals surface area contributed by atoms with Gasteiger partial charge >= 0.3 is 0 Å². The summed E-state index contributed by atoms with van der Waals surface area (Å²) in [6, 6.07) is 7.92. The van der Waals surface area contributed by atoms with Gasteiger partial charge in [-0.1, -0.05) is 38.1 Å². The number of carbonyl (C=O) groups excluding carboxylic acids is 1. The third kappa shape index (κ3) is 0.826. The lowest BCUT2D eigenvalue weighted by molar-refractivity contribution is 0.0937. The van der Waals surface area contributed by atoms with E-state index in [2.05, 4.69) is 13.0 Å². The standard InChI is InChI=1S/C11H12O/c1-7-8(2)11(12)10-6-4-3-5-9(7)10/h3-8H,1-2H3/t7-,8-/m0/s1. The molecule has 62 valence electrons. The molecule has 0 radical (unpaired) electrons. The van der Waals surface area contributed by atoms with Crippen molar-refractivity contribution in [3.05, 3.63) is 35.4 Å².